The number of benzene rings is 3. The van der Waals surface area contributed by atoms with Crippen LogP contribution in [-0.2, 0) is 0 Å². The Morgan fingerprint density at radius 3 is 2.05 bits per heavy atom. The van der Waals surface area contributed by atoms with Gasteiger partial charge in [-0.15, -0.1) is 0 Å². The fraction of sp³-hybridized carbons (Fsp3) is 0.355. The van der Waals surface area contributed by atoms with Crippen molar-refractivity contribution in [3.63, 3.8) is 0 Å². The largest absolute Gasteiger partial charge is 0.494 e. The number of amides is 2. The van der Waals surface area contributed by atoms with E-state index in [1.165, 1.54) is 0 Å². The van der Waals surface area contributed by atoms with E-state index in [-0.39, 0.29) is 18.1 Å². The van der Waals surface area contributed by atoms with Crippen molar-refractivity contribution in [1.82, 2.24) is 14.7 Å². The number of carbonyl (C=O) groups excluding carboxylic acids is 1. The number of carbonyl (C=O) groups is 1. The first-order valence-corrected chi connectivity index (χ1v) is 15.2. The summed E-state index contributed by atoms with van der Waals surface area (Å²) in [6.45, 7) is 7.93. The number of aliphatic imine (C=N–C) groups is 1. The van der Waals surface area contributed by atoms with Crippen molar-refractivity contribution < 1.29 is 14.3 Å². The van der Waals surface area contributed by atoms with Gasteiger partial charge < -0.3 is 19.3 Å². The van der Waals surface area contributed by atoms with Crippen molar-refractivity contribution in [2.75, 3.05) is 46.4 Å². The highest BCUT2D eigenvalue weighted by atomic mass is 79.9. The predicted molar refractivity (Wildman–Crippen MR) is 165 cm³/mol. The molecule has 2 atom stereocenters. The summed E-state index contributed by atoms with van der Waals surface area (Å²) >= 11 is 7.14. The molecular formula is C31H34Br2N4O3. The summed E-state index contributed by atoms with van der Waals surface area (Å²) in [6.07, 6.45) is 0. The zero-order valence-corrected chi connectivity index (χ0v) is 26.2. The van der Waals surface area contributed by atoms with Crippen molar-refractivity contribution in [3.8, 4) is 11.5 Å². The van der Waals surface area contributed by atoms with Gasteiger partial charge in [0.15, 0.2) is 0 Å². The molecule has 1 saturated heterocycles. The Bertz CT molecular complexity index is 1360. The lowest BCUT2D eigenvalue weighted by Crippen LogP contribution is -2.53. The summed E-state index contributed by atoms with van der Waals surface area (Å²) < 4.78 is 13.9. The van der Waals surface area contributed by atoms with Crippen LogP contribution in [0.25, 0.3) is 0 Å². The van der Waals surface area contributed by atoms with Crippen LogP contribution >= 0.6 is 31.9 Å². The van der Waals surface area contributed by atoms with Gasteiger partial charge in [-0.3, -0.25) is 9.89 Å². The highest BCUT2D eigenvalue weighted by Gasteiger charge is 2.44. The maximum absolute atomic E-state index is 14.5. The number of urea groups is 1. The number of amidine groups is 1. The monoisotopic (exact) mass is 668 g/mol. The van der Waals surface area contributed by atoms with Crippen molar-refractivity contribution in [3.05, 3.63) is 92.4 Å². The van der Waals surface area contributed by atoms with E-state index in [1.54, 1.807) is 0 Å². The van der Waals surface area contributed by atoms with E-state index in [4.69, 9.17) is 14.5 Å². The number of halogens is 2. The molecule has 2 aliphatic heterocycles. The summed E-state index contributed by atoms with van der Waals surface area (Å²) in [5.74, 6) is 1.98. The van der Waals surface area contributed by atoms with Crippen molar-refractivity contribution >= 4 is 43.7 Å². The van der Waals surface area contributed by atoms with E-state index in [9.17, 15) is 4.79 Å². The summed E-state index contributed by atoms with van der Waals surface area (Å²) in [6, 6.07) is 21.5. The molecule has 0 spiro atoms. The first kappa shape index (κ1) is 28.6. The van der Waals surface area contributed by atoms with Crippen LogP contribution in [0.5, 0.6) is 11.5 Å². The molecule has 2 heterocycles. The third-order valence-electron chi connectivity index (χ3n) is 7.27. The number of likely N-dealkylation sites (N-methyl/N-ethyl adjacent to an activating group) is 1. The molecule has 1 fully saturated rings. The minimum atomic E-state index is -0.336. The average molecular weight is 670 g/mol. The maximum Gasteiger partial charge on any atom is 0.326 e. The van der Waals surface area contributed by atoms with Gasteiger partial charge in [-0.05, 0) is 68.4 Å². The minimum Gasteiger partial charge on any atom is -0.494 e. The molecule has 0 aromatic heterocycles. The SMILES string of the molecule is CCOc1ccc(C2=NC(c3ccc(Br)cc3)C(c3ccc(Br)cc3)N2C(=O)N2CCN(C)CC2)c(OCC)c1. The zero-order chi connectivity index (χ0) is 28.2. The standard InChI is InChI=1S/C31H34Br2N4O3/c1-4-39-25-14-15-26(27(20-25)40-5-2)30-34-28(21-6-10-23(32)11-7-21)29(22-8-12-24(33)13-9-22)37(30)31(38)36-18-16-35(3)17-19-36/h6-15,20,28-29H,4-5,16-19H2,1-3H3. The molecule has 5 rings (SSSR count). The molecule has 2 amide bonds. The van der Waals surface area contributed by atoms with Gasteiger partial charge in [0.05, 0.1) is 24.8 Å². The topological polar surface area (TPSA) is 57.6 Å². The maximum atomic E-state index is 14.5. The van der Waals surface area contributed by atoms with Gasteiger partial charge in [0.1, 0.15) is 23.4 Å². The molecule has 40 heavy (non-hydrogen) atoms. The Hall–Kier alpha value is -2.88. The van der Waals surface area contributed by atoms with Gasteiger partial charge in [-0.2, -0.15) is 0 Å². The van der Waals surface area contributed by atoms with Crippen LogP contribution in [0, 0.1) is 0 Å². The van der Waals surface area contributed by atoms with E-state index >= 15 is 0 Å². The second kappa shape index (κ2) is 12.7. The smallest absolute Gasteiger partial charge is 0.326 e. The third-order valence-corrected chi connectivity index (χ3v) is 8.33. The van der Waals surface area contributed by atoms with Gasteiger partial charge in [-0.25, -0.2) is 4.79 Å². The van der Waals surface area contributed by atoms with Gasteiger partial charge in [0.2, 0.25) is 0 Å². The van der Waals surface area contributed by atoms with Crippen molar-refractivity contribution in [1.29, 1.82) is 0 Å². The van der Waals surface area contributed by atoms with E-state index in [0.717, 1.165) is 44.5 Å². The first-order chi connectivity index (χ1) is 19.4. The molecule has 3 aromatic carbocycles. The van der Waals surface area contributed by atoms with Crippen molar-refractivity contribution in [2.24, 2.45) is 4.99 Å². The van der Waals surface area contributed by atoms with Crippen LogP contribution in [0.4, 0.5) is 4.79 Å². The Morgan fingerprint density at radius 1 is 0.850 bits per heavy atom. The van der Waals surface area contributed by atoms with Crippen LogP contribution in [0.1, 0.15) is 42.6 Å². The Balaban J connectivity index is 1.68. The minimum absolute atomic E-state index is 0.0456. The summed E-state index contributed by atoms with van der Waals surface area (Å²) in [4.78, 5) is 25.9. The highest BCUT2D eigenvalue weighted by molar-refractivity contribution is 9.10. The summed E-state index contributed by atoms with van der Waals surface area (Å²) in [5.41, 5.74) is 2.82. The highest BCUT2D eigenvalue weighted by Crippen LogP contribution is 2.45. The molecule has 0 aliphatic carbocycles. The molecule has 0 N–H and O–H groups in total. The number of piperazine rings is 1. The molecule has 2 unspecified atom stereocenters. The zero-order valence-electron chi connectivity index (χ0n) is 23.0. The number of ether oxygens (including phenoxy) is 2. The average Bonchev–Trinajstić information content (AvgIpc) is 3.35. The Labute approximate surface area is 253 Å². The number of hydrogen-bond acceptors (Lipinski definition) is 5. The molecule has 0 bridgehead atoms. The van der Waals surface area contributed by atoms with E-state index in [1.807, 2.05) is 66.1 Å². The van der Waals surface area contributed by atoms with Gasteiger partial charge in [0.25, 0.3) is 0 Å². The summed E-state index contributed by atoms with van der Waals surface area (Å²) in [5, 5.41) is 0. The number of rotatable bonds is 7. The lowest BCUT2D eigenvalue weighted by Gasteiger charge is -2.38. The van der Waals surface area contributed by atoms with E-state index in [2.05, 4.69) is 68.1 Å². The third kappa shape index (κ3) is 6.06. The molecule has 0 saturated carbocycles. The van der Waals surface area contributed by atoms with Gasteiger partial charge in [-0.1, -0.05) is 56.1 Å². The molecule has 9 heteroatoms. The fourth-order valence-electron chi connectivity index (χ4n) is 5.22. The first-order valence-electron chi connectivity index (χ1n) is 13.6. The van der Waals surface area contributed by atoms with Crippen molar-refractivity contribution in [2.45, 2.75) is 25.9 Å². The number of hydrogen-bond donors (Lipinski definition) is 0. The molecule has 0 radical (unpaired) electrons. The lowest BCUT2D eigenvalue weighted by molar-refractivity contribution is 0.130. The lowest BCUT2D eigenvalue weighted by atomic mass is 9.94. The molecule has 2 aliphatic rings. The van der Waals surface area contributed by atoms with Crippen LogP contribution < -0.4 is 9.47 Å². The van der Waals surface area contributed by atoms with Gasteiger partial charge in [0, 0.05) is 41.2 Å². The van der Waals surface area contributed by atoms with Gasteiger partial charge >= 0.3 is 6.03 Å². The predicted octanol–water partition coefficient (Wildman–Crippen LogP) is 6.92. The number of nitrogens with zero attached hydrogens (tertiary/aromatic N) is 4. The second-order valence-corrected chi connectivity index (χ2v) is 11.7. The molecule has 210 valence electrons. The molecular weight excluding hydrogens is 636 g/mol. The Morgan fingerprint density at radius 2 is 1.45 bits per heavy atom. The van der Waals surface area contributed by atoms with Crippen LogP contribution in [0.3, 0.4) is 0 Å². The molecule has 3 aromatic rings. The van der Waals surface area contributed by atoms with E-state index < -0.39 is 0 Å². The quantitative estimate of drug-likeness (QED) is 0.274. The normalized spacial score (nSPS) is 19.5. The fourth-order valence-corrected chi connectivity index (χ4v) is 5.75. The van der Waals surface area contributed by atoms with Crippen LogP contribution in [0.2, 0.25) is 0 Å². The molecule has 7 nitrogen and oxygen atoms in total. The van der Waals surface area contributed by atoms with Crippen LogP contribution in [-0.4, -0.2) is 73.0 Å². The summed E-state index contributed by atoms with van der Waals surface area (Å²) in [7, 11) is 2.09. The Kier molecular flexibility index (Phi) is 9.13. The van der Waals surface area contributed by atoms with Crippen LogP contribution in [0.15, 0.2) is 80.7 Å². The van der Waals surface area contributed by atoms with E-state index in [0.29, 0.717) is 37.9 Å². The second-order valence-electron chi connectivity index (χ2n) is 9.91.